The van der Waals surface area contributed by atoms with Crippen LogP contribution in [0, 0.1) is 0 Å². The predicted octanol–water partition coefficient (Wildman–Crippen LogP) is 0.175. The Hall–Kier alpha value is -1.20. The van der Waals surface area contributed by atoms with Crippen LogP contribution >= 0.6 is 11.6 Å². The number of rotatable bonds is 1. The maximum absolute atomic E-state index is 11.9. The normalized spacial score (nSPS) is 16.5. The van der Waals surface area contributed by atoms with Crippen LogP contribution < -0.4 is 5.32 Å². The van der Waals surface area contributed by atoms with Gasteiger partial charge in [0.25, 0.3) is 5.91 Å². The average Bonchev–Trinajstić information content (AvgIpc) is 2.30. The van der Waals surface area contributed by atoms with Gasteiger partial charge in [-0.3, -0.25) is 4.79 Å². The molecule has 80 valence electrons. The van der Waals surface area contributed by atoms with Gasteiger partial charge in [-0.15, -0.1) is 0 Å². The van der Waals surface area contributed by atoms with Gasteiger partial charge in [-0.2, -0.15) is 0 Å². The summed E-state index contributed by atoms with van der Waals surface area (Å²) in [6, 6.07) is 0. The minimum Gasteiger partial charge on any atom is -0.336 e. The summed E-state index contributed by atoms with van der Waals surface area (Å²) in [5, 5.41) is 3.34. The van der Waals surface area contributed by atoms with Crippen molar-refractivity contribution in [2.24, 2.45) is 0 Å². The summed E-state index contributed by atoms with van der Waals surface area (Å²) in [5.41, 5.74) is 0.487. The average molecular weight is 227 g/mol. The lowest BCUT2D eigenvalue weighted by Crippen LogP contribution is -2.46. The van der Waals surface area contributed by atoms with E-state index in [0.29, 0.717) is 5.56 Å². The van der Waals surface area contributed by atoms with Crippen LogP contribution in [0.3, 0.4) is 0 Å². The molecule has 1 N–H and O–H groups in total. The summed E-state index contributed by atoms with van der Waals surface area (Å²) in [4.78, 5) is 21.2. The van der Waals surface area contributed by atoms with Crippen molar-refractivity contribution in [3.63, 3.8) is 0 Å². The van der Waals surface area contributed by atoms with Gasteiger partial charge in [0.1, 0.15) is 0 Å². The van der Waals surface area contributed by atoms with E-state index in [1.165, 1.54) is 12.4 Å². The molecule has 5 nitrogen and oxygen atoms in total. The zero-order valence-corrected chi connectivity index (χ0v) is 8.87. The first-order chi connectivity index (χ1) is 7.27. The molecular formula is C9H11ClN4O. The monoisotopic (exact) mass is 226 g/mol. The molecule has 15 heavy (non-hydrogen) atoms. The van der Waals surface area contributed by atoms with Crippen LogP contribution in [0.25, 0.3) is 0 Å². The molecule has 0 aromatic carbocycles. The number of nitrogens with one attached hydrogen (secondary N) is 1. The zero-order valence-electron chi connectivity index (χ0n) is 8.11. The maximum atomic E-state index is 11.9. The van der Waals surface area contributed by atoms with E-state index in [1.807, 2.05) is 0 Å². The van der Waals surface area contributed by atoms with Crippen LogP contribution in [-0.4, -0.2) is 47.0 Å². The van der Waals surface area contributed by atoms with Crippen molar-refractivity contribution in [2.45, 2.75) is 0 Å². The highest BCUT2D eigenvalue weighted by molar-refractivity contribution is 6.28. The molecule has 0 spiro atoms. The van der Waals surface area contributed by atoms with Crippen LogP contribution in [0.4, 0.5) is 0 Å². The van der Waals surface area contributed by atoms with Gasteiger partial charge >= 0.3 is 0 Å². The second-order valence-electron chi connectivity index (χ2n) is 3.28. The Morgan fingerprint density at radius 2 is 1.93 bits per heavy atom. The van der Waals surface area contributed by atoms with E-state index in [-0.39, 0.29) is 11.2 Å². The van der Waals surface area contributed by atoms with Crippen molar-refractivity contribution in [1.82, 2.24) is 20.2 Å². The summed E-state index contributed by atoms with van der Waals surface area (Å²) >= 11 is 5.55. The molecule has 1 amide bonds. The van der Waals surface area contributed by atoms with Gasteiger partial charge in [-0.05, 0) is 11.6 Å². The molecule has 1 aromatic heterocycles. The Morgan fingerprint density at radius 1 is 1.33 bits per heavy atom. The van der Waals surface area contributed by atoms with Crippen LogP contribution in [0.5, 0.6) is 0 Å². The molecule has 2 rings (SSSR count). The van der Waals surface area contributed by atoms with Crippen molar-refractivity contribution in [3.05, 3.63) is 23.2 Å². The highest BCUT2D eigenvalue weighted by atomic mass is 35.5. The number of carbonyl (C=O) groups is 1. The van der Waals surface area contributed by atoms with Crippen molar-refractivity contribution in [1.29, 1.82) is 0 Å². The minimum absolute atomic E-state index is 0.0341. The first kappa shape index (κ1) is 10.3. The van der Waals surface area contributed by atoms with E-state index < -0.39 is 0 Å². The molecule has 1 saturated heterocycles. The lowest BCUT2D eigenvalue weighted by atomic mass is 10.2. The van der Waals surface area contributed by atoms with Gasteiger partial charge in [-0.25, -0.2) is 9.97 Å². The molecule has 1 aliphatic rings. The van der Waals surface area contributed by atoms with Crippen molar-refractivity contribution in [3.8, 4) is 0 Å². The van der Waals surface area contributed by atoms with Crippen molar-refractivity contribution < 1.29 is 4.79 Å². The van der Waals surface area contributed by atoms with Crippen LogP contribution in [0.2, 0.25) is 5.28 Å². The first-order valence-electron chi connectivity index (χ1n) is 4.75. The SMILES string of the molecule is O=C(c1cnc(Cl)nc1)N1CCNCC1. The third kappa shape index (κ3) is 2.43. The Kier molecular flexibility index (Phi) is 3.13. The lowest BCUT2D eigenvalue weighted by molar-refractivity contribution is 0.0735. The summed E-state index contributed by atoms with van der Waals surface area (Å²) in [5.74, 6) is -0.0341. The van der Waals surface area contributed by atoms with E-state index in [2.05, 4.69) is 15.3 Å². The van der Waals surface area contributed by atoms with E-state index in [0.717, 1.165) is 26.2 Å². The molecule has 0 radical (unpaired) electrons. The third-order valence-corrected chi connectivity index (χ3v) is 2.47. The molecule has 6 heteroatoms. The highest BCUT2D eigenvalue weighted by Crippen LogP contribution is 2.05. The Morgan fingerprint density at radius 3 is 2.53 bits per heavy atom. The zero-order chi connectivity index (χ0) is 10.7. The number of piperazine rings is 1. The van der Waals surface area contributed by atoms with Crippen LogP contribution in [0.15, 0.2) is 12.4 Å². The largest absolute Gasteiger partial charge is 0.336 e. The Labute approximate surface area is 92.5 Å². The molecule has 0 atom stereocenters. The molecule has 1 aromatic rings. The van der Waals surface area contributed by atoms with Crippen molar-refractivity contribution in [2.75, 3.05) is 26.2 Å². The summed E-state index contributed by atoms with van der Waals surface area (Å²) in [6.45, 7) is 3.11. The number of amides is 1. The van der Waals surface area contributed by atoms with Gasteiger partial charge in [0.2, 0.25) is 5.28 Å². The quantitative estimate of drug-likeness (QED) is 0.694. The maximum Gasteiger partial charge on any atom is 0.257 e. The van der Waals surface area contributed by atoms with E-state index in [9.17, 15) is 4.79 Å². The van der Waals surface area contributed by atoms with E-state index >= 15 is 0 Å². The van der Waals surface area contributed by atoms with E-state index in [1.54, 1.807) is 4.90 Å². The molecule has 0 bridgehead atoms. The molecule has 0 saturated carbocycles. The number of aromatic nitrogens is 2. The molecule has 2 heterocycles. The Bertz CT molecular complexity index is 348. The van der Waals surface area contributed by atoms with Gasteiger partial charge in [0.05, 0.1) is 5.56 Å². The minimum atomic E-state index is -0.0341. The highest BCUT2D eigenvalue weighted by Gasteiger charge is 2.18. The fourth-order valence-electron chi connectivity index (χ4n) is 1.47. The number of hydrogen-bond acceptors (Lipinski definition) is 4. The van der Waals surface area contributed by atoms with Gasteiger partial charge in [0.15, 0.2) is 0 Å². The molecular weight excluding hydrogens is 216 g/mol. The van der Waals surface area contributed by atoms with Gasteiger partial charge in [0, 0.05) is 38.6 Å². The van der Waals surface area contributed by atoms with Gasteiger partial charge in [-0.1, -0.05) is 0 Å². The van der Waals surface area contributed by atoms with Gasteiger partial charge < -0.3 is 10.2 Å². The second kappa shape index (κ2) is 4.55. The van der Waals surface area contributed by atoms with E-state index in [4.69, 9.17) is 11.6 Å². The predicted molar refractivity (Wildman–Crippen MR) is 55.8 cm³/mol. The summed E-state index contributed by atoms with van der Waals surface area (Å²) in [6.07, 6.45) is 2.92. The molecule has 1 aliphatic heterocycles. The fourth-order valence-corrected chi connectivity index (χ4v) is 1.57. The van der Waals surface area contributed by atoms with Crippen molar-refractivity contribution >= 4 is 17.5 Å². The Balaban J connectivity index is 2.09. The molecule has 1 fully saturated rings. The number of nitrogens with zero attached hydrogens (tertiary/aromatic N) is 3. The van der Waals surface area contributed by atoms with Crippen LogP contribution in [0.1, 0.15) is 10.4 Å². The summed E-state index contributed by atoms with van der Waals surface area (Å²) < 4.78 is 0. The first-order valence-corrected chi connectivity index (χ1v) is 5.13. The van der Waals surface area contributed by atoms with Crippen LogP contribution in [-0.2, 0) is 0 Å². The summed E-state index contributed by atoms with van der Waals surface area (Å²) in [7, 11) is 0. The smallest absolute Gasteiger partial charge is 0.257 e. The molecule has 0 unspecified atom stereocenters. The third-order valence-electron chi connectivity index (χ3n) is 2.27. The standard InChI is InChI=1S/C9H11ClN4O/c10-9-12-5-7(6-13-9)8(15)14-3-1-11-2-4-14/h5-6,11H,1-4H2. The fraction of sp³-hybridized carbons (Fsp3) is 0.444. The number of hydrogen-bond donors (Lipinski definition) is 1. The second-order valence-corrected chi connectivity index (χ2v) is 3.62. The number of halogens is 1. The topological polar surface area (TPSA) is 58.1 Å². The number of carbonyl (C=O) groups excluding carboxylic acids is 1. The molecule has 0 aliphatic carbocycles. The lowest BCUT2D eigenvalue weighted by Gasteiger charge is -2.27.